The number of nitrogens with one attached hydrogen (secondary N) is 2. The third-order valence-corrected chi connectivity index (χ3v) is 4.33. The number of carbonyl (C=O) groups is 2. The lowest BCUT2D eigenvalue weighted by Gasteiger charge is -2.13. The van der Waals surface area contributed by atoms with Gasteiger partial charge in [-0.05, 0) is 50.3 Å². The maximum absolute atomic E-state index is 12.4. The van der Waals surface area contributed by atoms with Crippen molar-refractivity contribution < 1.29 is 9.59 Å². The Morgan fingerprint density at radius 1 is 1.18 bits per heavy atom. The molecule has 0 unspecified atom stereocenters. The van der Waals surface area contributed by atoms with E-state index in [-0.39, 0.29) is 17.1 Å². The van der Waals surface area contributed by atoms with Crippen LogP contribution in [0.25, 0.3) is 11.7 Å². The minimum Gasteiger partial charge on any atom is -0.350 e. The summed E-state index contributed by atoms with van der Waals surface area (Å²) in [6.45, 7) is 3.71. The number of halogens is 2. The highest BCUT2D eigenvalue weighted by atomic mass is 35.5. The number of carbonyl (C=O) groups excluding carboxylic acids is 2. The average molecular weight is 417 g/mol. The molecule has 0 saturated carbocycles. The fraction of sp³-hybridized carbons (Fsp3) is 0.150. The summed E-state index contributed by atoms with van der Waals surface area (Å²) in [6.07, 6.45) is 4.70. The Hall–Kier alpha value is -2.83. The van der Waals surface area contributed by atoms with Gasteiger partial charge in [0.15, 0.2) is 5.15 Å². The van der Waals surface area contributed by atoms with Crippen LogP contribution in [0.3, 0.4) is 0 Å². The fourth-order valence-electron chi connectivity index (χ4n) is 2.62. The second-order valence-corrected chi connectivity index (χ2v) is 7.15. The summed E-state index contributed by atoms with van der Waals surface area (Å²) in [6, 6.07) is 10.2. The molecular weight excluding hydrogens is 399 g/mol. The average Bonchev–Trinajstić information content (AvgIpc) is 2.94. The topological polar surface area (TPSA) is 75.5 Å². The molecule has 0 fully saturated rings. The number of anilines is 1. The number of nitrogens with zero attached hydrogens (tertiary/aromatic N) is 2. The van der Waals surface area contributed by atoms with Gasteiger partial charge in [0.2, 0.25) is 5.91 Å². The molecule has 0 bridgehead atoms. The molecule has 0 atom stereocenters. The lowest BCUT2D eigenvalue weighted by Crippen LogP contribution is -2.31. The number of pyridine rings is 1. The molecule has 3 aromatic rings. The van der Waals surface area contributed by atoms with Crippen molar-refractivity contribution in [1.29, 1.82) is 0 Å². The van der Waals surface area contributed by atoms with Gasteiger partial charge in [0, 0.05) is 23.3 Å². The largest absolute Gasteiger partial charge is 0.350 e. The van der Waals surface area contributed by atoms with E-state index in [1.807, 2.05) is 32.0 Å². The van der Waals surface area contributed by atoms with Crippen molar-refractivity contribution >= 4 is 52.4 Å². The van der Waals surface area contributed by atoms with Crippen molar-refractivity contribution in [3.63, 3.8) is 0 Å². The second-order valence-electron chi connectivity index (χ2n) is 6.36. The van der Waals surface area contributed by atoms with Gasteiger partial charge in [-0.2, -0.15) is 0 Å². The zero-order valence-electron chi connectivity index (χ0n) is 15.2. The van der Waals surface area contributed by atoms with E-state index in [1.165, 1.54) is 12.1 Å². The van der Waals surface area contributed by atoms with Crippen molar-refractivity contribution in [2.75, 3.05) is 5.32 Å². The van der Waals surface area contributed by atoms with Crippen molar-refractivity contribution in [1.82, 2.24) is 14.7 Å². The van der Waals surface area contributed by atoms with Gasteiger partial charge in [0.1, 0.15) is 5.65 Å². The zero-order valence-corrected chi connectivity index (χ0v) is 16.8. The van der Waals surface area contributed by atoms with E-state index < -0.39 is 5.91 Å². The van der Waals surface area contributed by atoms with Crippen LogP contribution in [0.5, 0.6) is 0 Å². The molecule has 144 valence electrons. The van der Waals surface area contributed by atoms with E-state index in [1.54, 1.807) is 28.8 Å². The minimum atomic E-state index is -0.428. The molecule has 0 saturated heterocycles. The van der Waals surface area contributed by atoms with Crippen LogP contribution in [0.1, 0.15) is 29.9 Å². The number of hydrogen-bond donors (Lipinski definition) is 2. The number of amides is 2. The third kappa shape index (κ3) is 4.52. The van der Waals surface area contributed by atoms with Crippen LogP contribution in [0.2, 0.25) is 10.2 Å². The maximum Gasteiger partial charge on any atom is 0.253 e. The van der Waals surface area contributed by atoms with Gasteiger partial charge >= 0.3 is 0 Å². The number of rotatable bonds is 5. The highest BCUT2D eigenvalue weighted by Crippen LogP contribution is 2.22. The number of benzene rings is 1. The van der Waals surface area contributed by atoms with Crippen LogP contribution in [-0.2, 0) is 4.79 Å². The summed E-state index contributed by atoms with van der Waals surface area (Å²) in [4.78, 5) is 29.0. The summed E-state index contributed by atoms with van der Waals surface area (Å²) in [5.74, 6) is -0.724. The summed E-state index contributed by atoms with van der Waals surface area (Å²) in [7, 11) is 0. The van der Waals surface area contributed by atoms with Crippen LogP contribution < -0.4 is 10.6 Å². The van der Waals surface area contributed by atoms with Gasteiger partial charge in [-0.3, -0.25) is 14.0 Å². The summed E-state index contributed by atoms with van der Waals surface area (Å²) in [5, 5.41) is 6.18. The Morgan fingerprint density at radius 2 is 1.96 bits per heavy atom. The Bertz CT molecular complexity index is 1070. The third-order valence-electron chi connectivity index (χ3n) is 3.82. The monoisotopic (exact) mass is 416 g/mol. The predicted molar refractivity (Wildman–Crippen MR) is 112 cm³/mol. The van der Waals surface area contributed by atoms with Crippen molar-refractivity contribution in [3.05, 3.63) is 70.1 Å². The van der Waals surface area contributed by atoms with Crippen molar-refractivity contribution in [2.24, 2.45) is 0 Å². The maximum atomic E-state index is 12.4. The fourth-order valence-corrected chi connectivity index (χ4v) is 3.03. The molecule has 0 radical (unpaired) electrons. The lowest BCUT2D eigenvalue weighted by atomic mass is 10.1. The quantitative estimate of drug-likeness (QED) is 0.603. The van der Waals surface area contributed by atoms with Crippen LogP contribution in [0.4, 0.5) is 5.69 Å². The molecule has 2 aromatic heterocycles. The van der Waals surface area contributed by atoms with Crippen molar-refractivity contribution in [2.45, 2.75) is 19.9 Å². The number of fused-ring (bicyclic) bond motifs is 1. The van der Waals surface area contributed by atoms with E-state index in [0.717, 1.165) is 0 Å². The Morgan fingerprint density at radius 3 is 2.71 bits per heavy atom. The molecule has 0 aliphatic heterocycles. The Kier molecular flexibility index (Phi) is 6.02. The molecule has 28 heavy (non-hydrogen) atoms. The molecular formula is C20H18Cl2N4O2. The first-order valence-electron chi connectivity index (χ1n) is 8.57. The minimum absolute atomic E-state index is 0.0380. The predicted octanol–water partition coefficient (Wildman–Crippen LogP) is 4.43. The molecule has 0 aliphatic carbocycles. The zero-order chi connectivity index (χ0) is 20.3. The normalized spacial score (nSPS) is 11.3. The van der Waals surface area contributed by atoms with Gasteiger partial charge in [-0.15, -0.1) is 0 Å². The van der Waals surface area contributed by atoms with E-state index in [2.05, 4.69) is 15.6 Å². The van der Waals surface area contributed by atoms with Crippen molar-refractivity contribution in [3.8, 4) is 0 Å². The Labute approximate surface area is 172 Å². The number of imidazole rings is 1. The highest BCUT2D eigenvalue weighted by Gasteiger charge is 2.14. The summed E-state index contributed by atoms with van der Waals surface area (Å²) >= 11 is 12.2. The first-order chi connectivity index (χ1) is 13.3. The van der Waals surface area contributed by atoms with E-state index in [0.29, 0.717) is 27.6 Å². The molecule has 0 spiro atoms. The van der Waals surface area contributed by atoms with Crippen LogP contribution in [0, 0.1) is 0 Å². The molecule has 3 rings (SSSR count). The molecule has 2 amide bonds. The van der Waals surface area contributed by atoms with E-state index >= 15 is 0 Å². The molecule has 8 heteroatoms. The van der Waals surface area contributed by atoms with E-state index in [9.17, 15) is 9.59 Å². The SMILES string of the molecule is CC(C)NC(=O)c1ccc(Cl)cc1NC(=O)/C=C/c1c(Cl)nc2ccccn12. The van der Waals surface area contributed by atoms with Gasteiger partial charge in [-0.1, -0.05) is 29.3 Å². The number of aromatic nitrogens is 2. The number of hydrogen-bond acceptors (Lipinski definition) is 3. The van der Waals surface area contributed by atoms with Gasteiger partial charge < -0.3 is 10.6 Å². The molecule has 1 aromatic carbocycles. The van der Waals surface area contributed by atoms with Gasteiger partial charge in [0.05, 0.1) is 16.9 Å². The summed E-state index contributed by atoms with van der Waals surface area (Å²) in [5.41, 5.74) is 1.91. The first-order valence-corrected chi connectivity index (χ1v) is 9.33. The molecule has 6 nitrogen and oxygen atoms in total. The molecule has 0 aliphatic rings. The first kappa shape index (κ1) is 19.9. The summed E-state index contributed by atoms with van der Waals surface area (Å²) < 4.78 is 1.77. The van der Waals surface area contributed by atoms with Crippen LogP contribution in [-0.4, -0.2) is 27.2 Å². The van der Waals surface area contributed by atoms with Crippen LogP contribution >= 0.6 is 23.2 Å². The van der Waals surface area contributed by atoms with Crippen LogP contribution in [0.15, 0.2) is 48.7 Å². The lowest BCUT2D eigenvalue weighted by molar-refractivity contribution is -0.111. The second kappa shape index (κ2) is 8.46. The standard InChI is InChI=1S/C20H18Cl2N4O2/c1-12(2)23-20(28)14-7-6-13(21)11-15(14)24-18(27)9-8-16-19(22)25-17-5-3-4-10-26(16)17/h3-12H,1-2H3,(H,23,28)(H,24,27)/b9-8+. The molecule has 2 heterocycles. The smallest absolute Gasteiger partial charge is 0.253 e. The van der Waals surface area contributed by atoms with Gasteiger partial charge in [-0.25, -0.2) is 4.98 Å². The highest BCUT2D eigenvalue weighted by molar-refractivity contribution is 6.31. The van der Waals surface area contributed by atoms with E-state index in [4.69, 9.17) is 23.2 Å². The molecule has 2 N–H and O–H groups in total. The van der Waals surface area contributed by atoms with Gasteiger partial charge in [0.25, 0.3) is 5.91 Å². The Balaban J connectivity index is 1.83.